The smallest absolute Gasteiger partial charge is 0 e. The van der Waals surface area contributed by atoms with Gasteiger partial charge in [0, 0.05) is 50.3 Å². The van der Waals surface area contributed by atoms with Gasteiger partial charge in [0.15, 0.2) is 0 Å². The van der Waals surface area contributed by atoms with Gasteiger partial charge in [-0.15, -0.1) is 0 Å². The van der Waals surface area contributed by atoms with E-state index in [1.165, 1.54) is 0 Å². The van der Waals surface area contributed by atoms with Crippen LogP contribution in [0, 0.1) is 67.0 Å². The summed E-state index contributed by atoms with van der Waals surface area (Å²) in [6.45, 7) is 40.5. The second kappa shape index (κ2) is 10800. The predicted octanol–water partition coefficient (Wildman–Crippen LogP) is 0.402. The minimum atomic E-state index is 0. The van der Waals surface area contributed by atoms with Gasteiger partial charge in [-0.25, -0.2) is 0 Å². The van der Waals surface area contributed by atoms with Crippen molar-refractivity contribution in [2.45, 2.75) is 0 Å². The van der Waals surface area contributed by atoms with Crippen LogP contribution in [-0.2, 0) is 92.2 Å². The van der Waals surface area contributed by atoms with Crippen molar-refractivity contribution >= 4 is 0 Å². The van der Waals surface area contributed by atoms with E-state index in [0.29, 0.717) is 0 Å². The van der Waals surface area contributed by atoms with Gasteiger partial charge in [-0.3, -0.25) is 0 Å². The third-order valence-electron chi connectivity index (χ3n) is 0. The molecule has 3 radical (unpaired) electrons. The standard InChI is InChI=1S/CH2F.9CO.3Co/c10*1-2;;;/h1H2;;;;;;;;;;;;/q-1;;;;;;;;;;;;. The van der Waals surface area contributed by atoms with Crippen LogP contribution in [0.15, 0.2) is 0 Å². The monoisotopic (exact) mass is 462 g/mol. The van der Waals surface area contributed by atoms with Crippen molar-refractivity contribution in [3.05, 3.63) is 67.0 Å². The first kappa shape index (κ1) is 119. The van der Waals surface area contributed by atoms with Crippen LogP contribution in [-0.4, -0.2) is 0 Å². The van der Waals surface area contributed by atoms with Gasteiger partial charge in [-0.1, -0.05) is 0 Å². The Morgan fingerprint density at radius 3 is 0.304 bits per heavy atom. The van der Waals surface area contributed by atoms with Crippen molar-refractivity contribution in [2.24, 2.45) is 0 Å². The van der Waals surface area contributed by atoms with Crippen LogP contribution in [0.5, 0.6) is 0 Å². The molecule has 0 saturated carbocycles. The molecule has 0 aromatic carbocycles. The molecule has 0 aromatic heterocycles. The fraction of sp³-hybridized carbons (Fsp3) is 0. The predicted molar refractivity (Wildman–Crippen MR) is 41.8 cm³/mol. The summed E-state index contributed by atoms with van der Waals surface area (Å²) in [5.74, 6) is 0. The second-order valence-electron chi connectivity index (χ2n) is 0. The van der Waals surface area contributed by atoms with Crippen molar-refractivity contribution in [2.75, 3.05) is 0 Å². The summed E-state index contributed by atoms with van der Waals surface area (Å²) in [7, 11) is 1.75. The molecule has 0 aliphatic rings. The van der Waals surface area contributed by atoms with Crippen LogP contribution >= 0.6 is 0 Å². The largest absolute Gasteiger partial charge is 0.463 e. The van der Waals surface area contributed by atoms with Crippen LogP contribution in [0.25, 0.3) is 0 Å². The van der Waals surface area contributed by atoms with Crippen LogP contribution < -0.4 is 0 Å². The van der Waals surface area contributed by atoms with Crippen molar-refractivity contribution in [1.29, 1.82) is 0 Å². The first-order valence-electron chi connectivity index (χ1n) is 2.10. The van der Waals surface area contributed by atoms with Gasteiger partial charge in [0.05, 0.1) is 0 Å². The van der Waals surface area contributed by atoms with Crippen molar-refractivity contribution in [3.63, 3.8) is 0 Å². The molecule has 9 nitrogen and oxygen atoms in total. The molecule has 0 heterocycles. The third-order valence-corrected chi connectivity index (χ3v) is 0. The molecule has 0 bridgehead atoms. The fourth-order valence-corrected chi connectivity index (χ4v) is 0. The average molecular weight is 462 g/mol. The molecule has 0 unspecified atom stereocenters. The maximum absolute atomic E-state index is 9.25. The van der Waals surface area contributed by atoms with Gasteiger partial charge in [-0.05, 0) is 0 Å². The normalized spacial score (nSPS) is 1.04. The molecule has 23 heavy (non-hydrogen) atoms. The zero-order valence-corrected chi connectivity index (χ0v) is 13.4. The first-order chi connectivity index (χ1) is 10.0. The van der Waals surface area contributed by atoms with Gasteiger partial charge < -0.3 is 4.39 Å². The van der Waals surface area contributed by atoms with Crippen LogP contribution in [0.3, 0.4) is 0 Å². The summed E-state index contributed by atoms with van der Waals surface area (Å²) < 4.78 is 76.8. The molecule has 0 fully saturated rings. The average Bonchev–Trinajstić information content (AvgIpc) is 2.71. The maximum atomic E-state index is 9.25. The van der Waals surface area contributed by atoms with E-state index in [1.54, 1.807) is 7.18 Å². The van der Waals surface area contributed by atoms with E-state index in [0.717, 1.165) is 0 Å². The molecule has 131 valence electrons. The van der Waals surface area contributed by atoms with E-state index in [4.69, 9.17) is 41.9 Å². The third kappa shape index (κ3) is 9720. The maximum Gasteiger partial charge on any atom is 0 e. The molecule has 0 spiro atoms. The van der Waals surface area contributed by atoms with E-state index >= 15 is 0 Å². The van der Waals surface area contributed by atoms with E-state index in [1.807, 2.05) is 0 Å². The summed E-state index contributed by atoms with van der Waals surface area (Å²) in [4.78, 5) is 0. The number of hydrogen-bond donors (Lipinski definition) is 0. The van der Waals surface area contributed by atoms with E-state index in [9.17, 15) is 4.39 Å². The van der Waals surface area contributed by atoms with Crippen LogP contribution in [0.1, 0.15) is 0 Å². The van der Waals surface area contributed by atoms with Crippen LogP contribution in [0.4, 0.5) is 4.39 Å². The molecular formula is C10H2Co3FO9-. The molecule has 0 N–H and O–H groups in total. The van der Waals surface area contributed by atoms with Gasteiger partial charge in [0.25, 0.3) is 0 Å². The number of halogens is 1. The molecule has 0 aliphatic heterocycles. The molecule has 0 rings (SSSR count). The Morgan fingerprint density at radius 1 is 0.304 bits per heavy atom. The summed E-state index contributed by atoms with van der Waals surface area (Å²) in [5.41, 5.74) is 0. The van der Waals surface area contributed by atoms with E-state index < -0.39 is 0 Å². The molecule has 0 saturated heterocycles. The van der Waals surface area contributed by atoms with Crippen molar-refractivity contribution < 1.29 is 96.6 Å². The van der Waals surface area contributed by atoms with Gasteiger partial charge in [-0.2, -0.15) is 7.18 Å². The molecule has 0 amide bonds. The summed E-state index contributed by atoms with van der Waals surface area (Å²) in [5, 5.41) is 0. The Kier molecular flexibility index (Phi) is 55600. The molecule has 0 aromatic rings. The SMILES string of the molecule is [C-]#[O+].[C-]#[O+].[C-]#[O+].[C-]#[O+].[C-]#[O+].[C-]#[O+].[C-]#[O+].[C-]#[O+].[C-]#[O+].[CH2-]F.[Co].[Co].[Co]. The molecule has 0 atom stereocenters. The van der Waals surface area contributed by atoms with E-state index in [2.05, 4.69) is 59.9 Å². The second-order valence-corrected chi connectivity index (χ2v) is 0. The fourth-order valence-electron chi connectivity index (χ4n) is 0. The Labute approximate surface area is 163 Å². The zero-order valence-electron chi connectivity index (χ0n) is 10.3. The summed E-state index contributed by atoms with van der Waals surface area (Å²) in [6.07, 6.45) is 0. The topological polar surface area (TPSA) is 179 Å². The Bertz CT molecular complexity index is 166. The molecular weight excluding hydrogens is 460 g/mol. The van der Waals surface area contributed by atoms with E-state index in [-0.39, 0.29) is 50.3 Å². The minimum absolute atomic E-state index is 0. The Hall–Kier alpha value is -0.891. The Balaban J connectivity index is -0.00000000433. The number of hydrogen-bond acceptors (Lipinski definition) is 0. The Morgan fingerprint density at radius 2 is 0.304 bits per heavy atom. The summed E-state index contributed by atoms with van der Waals surface area (Å²) >= 11 is 0. The van der Waals surface area contributed by atoms with Gasteiger partial charge in [0.2, 0.25) is 0 Å². The van der Waals surface area contributed by atoms with Gasteiger partial charge in [0.1, 0.15) is 0 Å². The van der Waals surface area contributed by atoms with Crippen molar-refractivity contribution in [3.8, 4) is 0 Å². The zero-order chi connectivity index (χ0) is 20.0. The summed E-state index contributed by atoms with van der Waals surface area (Å²) in [6, 6.07) is 0. The molecule has 13 heteroatoms. The first-order valence-corrected chi connectivity index (χ1v) is 2.10. The van der Waals surface area contributed by atoms with Gasteiger partial charge >= 0.3 is 102 Å². The molecule has 0 aliphatic carbocycles. The quantitative estimate of drug-likeness (QED) is 0.358. The number of rotatable bonds is 0. The van der Waals surface area contributed by atoms with Crippen LogP contribution in [0.2, 0.25) is 0 Å². The minimum Gasteiger partial charge on any atom is -0.463 e. The van der Waals surface area contributed by atoms with Crippen molar-refractivity contribution in [1.82, 2.24) is 0 Å².